The number of aromatic nitrogens is 1. The summed E-state index contributed by atoms with van der Waals surface area (Å²) in [6, 6.07) is 8.61. The Hall–Kier alpha value is -1.67. The number of allylic oxidation sites excluding steroid dienone is 1. The second-order valence-electron chi connectivity index (χ2n) is 5.33. The number of nitrogens with one attached hydrogen (secondary N) is 1. The first-order valence-corrected chi connectivity index (χ1v) is 7.13. The minimum atomic E-state index is 0.814. The molecule has 98 valence electrons. The topological polar surface area (TPSA) is 24.9 Å². The van der Waals surface area contributed by atoms with Crippen LogP contribution in [0.25, 0.3) is 16.8 Å². The highest BCUT2D eigenvalue weighted by Crippen LogP contribution is 2.18. The van der Waals surface area contributed by atoms with Crippen molar-refractivity contribution in [1.29, 1.82) is 0 Å². The van der Waals surface area contributed by atoms with Gasteiger partial charge in [0, 0.05) is 17.8 Å². The number of rotatable bonds is 3. The Labute approximate surface area is 114 Å². The van der Waals surface area contributed by atoms with Crippen molar-refractivity contribution in [2.75, 3.05) is 13.1 Å². The monoisotopic (exact) mass is 252 g/mol. The maximum Gasteiger partial charge on any atom is 0.0346 e. The lowest BCUT2D eigenvalue weighted by molar-refractivity contribution is 0.381. The summed E-state index contributed by atoms with van der Waals surface area (Å²) in [6.45, 7) is 2.37. The molecule has 1 aromatic carbocycles. The first-order valence-electron chi connectivity index (χ1n) is 7.13. The average Bonchev–Trinajstić information content (AvgIpc) is 2.48. The van der Waals surface area contributed by atoms with Crippen molar-refractivity contribution in [1.82, 2.24) is 10.3 Å². The van der Waals surface area contributed by atoms with Gasteiger partial charge in [0.2, 0.25) is 0 Å². The Morgan fingerprint density at radius 3 is 3.16 bits per heavy atom. The maximum atomic E-state index is 4.14. The summed E-state index contributed by atoms with van der Waals surface area (Å²) in [5.74, 6) is 0.814. The first kappa shape index (κ1) is 12.4. The zero-order valence-corrected chi connectivity index (χ0v) is 11.2. The van der Waals surface area contributed by atoms with Crippen LogP contribution in [0.2, 0.25) is 0 Å². The highest BCUT2D eigenvalue weighted by atomic mass is 14.9. The molecule has 0 aliphatic carbocycles. The number of hydrogen-bond acceptors (Lipinski definition) is 2. The third-order valence-corrected chi connectivity index (χ3v) is 3.84. The van der Waals surface area contributed by atoms with Gasteiger partial charge in [-0.05, 0) is 61.4 Å². The van der Waals surface area contributed by atoms with E-state index in [2.05, 4.69) is 46.7 Å². The van der Waals surface area contributed by atoms with Crippen LogP contribution in [0.3, 0.4) is 0 Å². The van der Waals surface area contributed by atoms with Crippen molar-refractivity contribution in [2.24, 2.45) is 5.92 Å². The fourth-order valence-electron chi connectivity index (χ4n) is 2.73. The van der Waals surface area contributed by atoms with Crippen LogP contribution in [0.5, 0.6) is 0 Å². The maximum absolute atomic E-state index is 4.14. The molecule has 1 aliphatic rings. The number of fused-ring (bicyclic) bond motifs is 1. The molecule has 1 aliphatic heterocycles. The molecule has 19 heavy (non-hydrogen) atoms. The van der Waals surface area contributed by atoms with E-state index in [0.717, 1.165) is 5.92 Å². The Bertz CT molecular complexity index is 568. The molecule has 0 bridgehead atoms. The molecule has 2 aromatic rings. The second kappa shape index (κ2) is 5.98. The molecule has 2 heteroatoms. The van der Waals surface area contributed by atoms with Gasteiger partial charge in [0.15, 0.2) is 0 Å². The standard InChI is InChI=1S/C17H20N2/c1(4-15-5-2-9-18-12-15)3-14-6-7-17-13-19-10-8-16(17)11-14/h1,3,6-8,10-11,13,15,18H,2,4-5,9,12H2/b3-1+. The minimum Gasteiger partial charge on any atom is -0.316 e. The number of nitrogens with zero attached hydrogens (tertiary/aromatic N) is 1. The summed E-state index contributed by atoms with van der Waals surface area (Å²) in [5, 5.41) is 5.93. The molecule has 1 unspecified atom stereocenters. The van der Waals surface area contributed by atoms with E-state index in [1.165, 1.54) is 48.7 Å². The SMILES string of the molecule is C(=C\c1ccc2cnccc2c1)/CC1CCCNC1. The molecule has 0 spiro atoms. The molecule has 1 saturated heterocycles. The van der Waals surface area contributed by atoms with Crippen molar-refractivity contribution < 1.29 is 0 Å². The summed E-state index contributed by atoms with van der Waals surface area (Å²) >= 11 is 0. The Morgan fingerprint density at radius 1 is 1.26 bits per heavy atom. The van der Waals surface area contributed by atoms with Crippen LogP contribution in [-0.2, 0) is 0 Å². The minimum absolute atomic E-state index is 0.814. The molecule has 2 heterocycles. The van der Waals surface area contributed by atoms with Crippen molar-refractivity contribution in [3.8, 4) is 0 Å². The van der Waals surface area contributed by atoms with E-state index in [0.29, 0.717) is 0 Å². The molecule has 0 amide bonds. The number of pyridine rings is 1. The lowest BCUT2D eigenvalue weighted by Crippen LogP contribution is -2.29. The molecule has 3 rings (SSSR count). The highest BCUT2D eigenvalue weighted by molar-refractivity contribution is 5.83. The van der Waals surface area contributed by atoms with Gasteiger partial charge in [0.25, 0.3) is 0 Å². The van der Waals surface area contributed by atoms with Gasteiger partial charge >= 0.3 is 0 Å². The molecule has 0 saturated carbocycles. The van der Waals surface area contributed by atoms with Crippen molar-refractivity contribution in [3.05, 3.63) is 48.3 Å². The van der Waals surface area contributed by atoms with Gasteiger partial charge < -0.3 is 5.32 Å². The van der Waals surface area contributed by atoms with Crippen LogP contribution >= 0.6 is 0 Å². The number of hydrogen-bond donors (Lipinski definition) is 1. The van der Waals surface area contributed by atoms with Gasteiger partial charge in [-0.2, -0.15) is 0 Å². The summed E-state index contributed by atoms with van der Waals surface area (Å²) in [6.07, 6.45) is 12.2. The molecular weight excluding hydrogens is 232 g/mol. The molecule has 1 N–H and O–H groups in total. The molecular formula is C17H20N2. The van der Waals surface area contributed by atoms with E-state index < -0.39 is 0 Å². The highest BCUT2D eigenvalue weighted by Gasteiger charge is 2.10. The van der Waals surface area contributed by atoms with Crippen molar-refractivity contribution in [3.63, 3.8) is 0 Å². The molecule has 1 fully saturated rings. The zero-order chi connectivity index (χ0) is 12.9. The summed E-state index contributed by atoms with van der Waals surface area (Å²) in [5.41, 5.74) is 1.28. The van der Waals surface area contributed by atoms with E-state index in [-0.39, 0.29) is 0 Å². The largest absolute Gasteiger partial charge is 0.316 e. The van der Waals surface area contributed by atoms with Crippen molar-refractivity contribution >= 4 is 16.8 Å². The van der Waals surface area contributed by atoms with Crippen LogP contribution in [0.4, 0.5) is 0 Å². The molecule has 0 radical (unpaired) electrons. The lowest BCUT2D eigenvalue weighted by Gasteiger charge is -2.21. The predicted octanol–water partition coefficient (Wildman–Crippen LogP) is 3.64. The third-order valence-electron chi connectivity index (χ3n) is 3.84. The first-order chi connectivity index (χ1) is 9.42. The van der Waals surface area contributed by atoms with E-state index in [9.17, 15) is 0 Å². The smallest absolute Gasteiger partial charge is 0.0346 e. The fraction of sp³-hybridized carbons (Fsp3) is 0.353. The van der Waals surface area contributed by atoms with Crippen LogP contribution in [0.15, 0.2) is 42.7 Å². The van der Waals surface area contributed by atoms with Gasteiger partial charge in [0.05, 0.1) is 0 Å². The normalized spacial score (nSPS) is 20.1. The fourth-order valence-corrected chi connectivity index (χ4v) is 2.73. The van der Waals surface area contributed by atoms with Crippen molar-refractivity contribution in [2.45, 2.75) is 19.3 Å². The predicted molar refractivity (Wildman–Crippen MR) is 81.0 cm³/mol. The lowest BCUT2D eigenvalue weighted by atomic mass is 9.96. The molecule has 2 nitrogen and oxygen atoms in total. The Morgan fingerprint density at radius 2 is 2.26 bits per heavy atom. The van der Waals surface area contributed by atoms with Crippen LogP contribution in [0.1, 0.15) is 24.8 Å². The van der Waals surface area contributed by atoms with Crippen LogP contribution in [0, 0.1) is 5.92 Å². The average molecular weight is 252 g/mol. The molecule has 1 atom stereocenters. The van der Waals surface area contributed by atoms with E-state index in [1.54, 1.807) is 0 Å². The van der Waals surface area contributed by atoms with E-state index >= 15 is 0 Å². The van der Waals surface area contributed by atoms with E-state index in [4.69, 9.17) is 0 Å². The van der Waals surface area contributed by atoms with Gasteiger partial charge in [-0.3, -0.25) is 4.98 Å². The quantitative estimate of drug-likeness (QED) is 0.902. The second-order valence-corrected chi connectivity index (χ2v) is 5.33. The van der Waals surface area contributed by atoms with Gasteiger partial charge in [-0.1, -0.05) is 24.3 Å². The van der Waals surface area contributed by atoms with Gasteiger partial charge in [-0.25, -0.2) is 0 Å². The van der Waals surface area contributed by atoms with Crippen LogP contribution in [-0.4, -0.2) is 18.1 Å². The zero-order valence-electron chi connectivity index (χ0n) is 11.2. The summed E-state index contributed by atoms with van der Waals surface area (Å²) in [4.78, 5) is 4.14. The van der Waals surface area contributed by atoms with Crippen LogP contribution < -0.4 is 5.32 Å². The van der Waals surface area contributed by atoms with E-state index in [1.807, 2.05) is 12.4 Å². The Kier molecular flexibility index (Phi) is 3.89. The molecule has 1 aromatic heterocycles. The van der Waals surface area contributed by atoms with Gasteiger partial charge in [-0.15, -0.1) is 0 Å². The van der Waals surface area contributed by atoms with Gasteiger partial charge in [0.1, 0.15) is 0 Å². The Balaban J connectivity index is 1.66. The number of piperidine rings is 1. The third kappa shape index (κ3) is 3.21. The summed E-state index contributed by atoms with van der Waals surface area (Å²) in [7, 11) is 0. The number of benzene rings is 1. The summed E-state index contributed by atoms with van der Waals surface area (Å²) < 4.78 is 0.